The van der Waals surface area contributed by atoms with Crippen molar-refractivity contribution in [1.29, 1.82) is 0 Å². The van der Waals surface area contributed by atoms with Crippen LogP contribution in [-0.2, 0) is 0 Å². The van der Waals surface area contributed by atoms with Gasteiger partial charge in [0.1, 0.15) is 6.10 Å². The summed E-state index contributed by atoms with van der Waals surface area (Å²) in [5.41, 5.74) is 1.68. The van der Waals surface area contributed by atoms with Crippen LogP contribution in [0.5, 0.6) is 5.88 Å². The molecule has 2 aromatic rings. The molecule has 2 aliphatic rings. The van der Waals surface area contributed by atoms with Crippen LogP contribution in [0, 0.1) is 0 Å². The molecule has 0 N–H and O–H groups in total. The molecule has 0 aliphatic carbocycles. The minimum atomic E-state index is -0.0214. The Labute approximate surface area is 147 Å². The third-order valence-corrected chi connectivity index (χ3v) is 4.90. The van der Waals surface area contributed by atoms with Crippen LogP contribution in [0.1, 0.15) is 6.42 Å². The molecule has 2 aliphatic heterocycles. The van der Waals surface area contributed by atoms with Gasteiger partial charge in [-0.25, -0.2) is 14.8 Å². The average molecular weight is 341 g/mol. The summed E-state index contributed by atoms with van der Waals surface area (Å²) < 4.78 is 5.97. The fourth-order valence-electron chi connectivity index (χ4n) is 3.36. The highest BCUT2D eigenvalue weighted by Crippen LogP contribution is 2.19. The Balaban J connectivity index is 1.36. The van der Waals surface area contributed by atoms with E-state index in [-0.39, 0.29) is 12.1 Å². The highest BCUT2D eigenvalue weighted by atomic mass is 16.5. The Hall–Kier alpha value is -2.41. The van der Waals surface area contributed by atoms with Gasteiger partial charge in [-0.05, 0) is 19.2 Å². The standard InChI is InChI=1S/C18H23N5O2/c1-21-8-10-22(11-9-21)18(24)23-7-6-14(13-23)25-17-12-19-15-4-2-3-5-16(15)20-17/h2-5,12,14H,6-11,13H2,1H3/t14-/m0/s1. The molecule has 0 spiro atoms. The van der Waals surface area contributed by atoms with Crippen molar-refractivity contribution in [3.63, 3.8) is 0 Å². The summed E-state index contributed by atoms with van der Waals surface area (Å²) in [6.45, 7) is 4.82. The van der Waals surface area contributed by atoms with Crippen LogP contribution >= 0.6 is 0 Å². The number of benzene rings is 1. The molecule has 1 atom stereocenters. The predicted molar refractivity (Wildman–Crippen MR) is 94.6 cm³/mol. The number of carbonyl (C=O) groups is 1. The Morgan fingerprint density at radius 2 is 1.84 bits per heavy atom. The van der Waals surface area contributed by atoms with E-state index >= 15 is 0 Å². The molecule has 1 aromatic carbocycles. The number of para-hydroxylation sites is 2. The topological polar surface area (TPSA) is 61.8 Å². The quantitative estimate of drug-likeness (QED) is 0.827. The molecular weight excluding hydrogens is 318 g/mol. The molecule has 2 fully saturated rings. The number of likely N-dealkylation sites (tertiary alicyclic amines) is 1. The lowest BCUT2D eigenvalue weighted by Crippen LogP contribution is -2.51. The van der Waals surface area contributed by atoms with Gasteiger partial charge >= 0.3 is 6.03 Å². The molecular formula is C18H23N5O2. The van der Waals surface area contributed by atoms with Crippen LogP contribution < -0.4 is 4.74 Å². The number of nitrogens with zero attached hydrogens (tertiary/aromatic N) is 5. The molecule has 0 saturated carbocycles. The van der Waals surface area contributed by atoms with Gasteiger partial charge in [0.25, 0.3) is 0 Å². The van der Waals surface area contributed by atoms with E-state index < -0.39 is 0 Å². The summed E-state index contributed by atoms with van der Waals surface area (Å²) in [6, 6.07) is 7.86. The van der Waals surface area contributed by atoms with E-state index in [1.165, 1.54) is 0 Å². The normalized spacial score (nSPS) is 21.7. The van der Waals surface area contributed by atoms with Gasteiger partial charge in [0, 0.05) is 39.1 Å². The number of piperazine rings is 1. The molecule has 3 heterocycles. The molecule has 0 bridgehead atoms. The first-order chi connectivity index (χ1) is 12.2. The number of ether oxygens (including phenoxy) is 1. The smallest absolute Gasteiger partial charge is 0.320 e. The monoisotopic (exact) mass is 341 g/mol. The lowest BCUT2D eigenvalue weighted by Gasteiger charge is -2.34. The minimum absolute atomic E-state index is 0.0214. The number of aromatic nitrogens is 2. The molecule has 132 valence electrons. The molecule has 2 saturated heterocycles. The van der Waals surface area contributed by atoms with E-state index in [4.69, 9.17) is 4.74 Å². The number of carbonyl (C=O) groups excluding carboxylic acids is 1. The molecule has 2 amide bonds. The summed E-state index contributed by atoms with van der Waals surface area (Å²) in [7, 11) is 2.09. The van der Waals surface area contributed by atoms with E-state index in [0.29, 0.717) is 12.4 Å². The molecule has 0 radical (unpaired) electrons. The largest absolute Gasteiger partial charge is 0.471 e. The van der Waals surface area contributed by atoms with Crippen molar-refractivity contribution in [2.24, 2.45) is 0 Å². The van der Waals surface area contributed by atoms with Crippen LogP contribution in [0.15, 0.2) is 30.5 Å². The van der Waals surface area contributed by atoms with Crippen LogP contribution in [0.3, 0.4) is 0 Å². The van der Waals surface area contributed by atoms with Gasteiger partial charge in [-0.2, -0.15) is 0 Å². The predicted octanol–water partition coefficient (Wildman–Crippen LogP) is 1.45. The van der Waals surface area contributed by atoms with Gasteiger partial charge in [0.05, 0.1) is 23.8 Å². The Morgan fingerprint density at radius 3 is 2.64 bits per heavy atom. The van der Waals surface area contributed by atoms with Crippen molar-refractivity contribution in [1.82, 2.24) is 24.7 Å². The maximum absolute atomic E-state index is 12.6. The minimum Gasteiger partial charge on any atom is -0.471 e. The Kier molecular flexibility index (Phi) is 4.40. The van der Waals surface area contributed by atoms with Crippen molar-refractivity contribution in [2.75, 3.05) is 46.3 Å². The second-order valence-electron chi connectivity index (χ2n) is 6.74. The second-order valence-corrected chi connectivity index (χ2v) is 6.74. The van der Waals surface area contributed by atoms with Gasteiger partial charge in [0.15, 0.2) is 0 Å². The van der Waals surface area contributed by atoms with E-state index in [9.17, 15) is 4.79 Å². The highest BCUT2D eigenvalue weighted by molar-refractivity contribution is 5.75. The molecule has 7 heteroatoms. The first-order valence-electron chi connectivity index (χ1n) is 8.80. The lowest BCUT2D eigenvalue weighted by atomic mass is 10.3. The lowest BCUT2D eigenvalue weighted by molar-refractivity contribution is 0.123. The average Bonchev–Trinajstić information content (AvgIpc) is 3.10. The van der Waals surface area contributed by atoms with Crippen LogP contribution in [0.4, 0.5) is 4.79 Å². The van der Waals surface area contributed by atoms with Crippen molar-refractivity contribution in [3.05, 3.63) is 30.5 Å². The summed E-state index contributed by atoms with van der Waals surface area (Å²) in [4.78, 5) is 27.6. The summed E-state index contributed by atoms with van der Waals surface area (Å²) >= 11 is 0. The van der Waals surface area contributed by atoms with E-state index in [0.717, 1.165) is 50.2 Å². The van der Waals surface area contributed by atoms with Crippen LogP contribution in [-0.4, -0.2) is 83.1 Å². The third-order valence-electron chi connectivity index (χ3n) is 4.90. The van der Waals surface area contributed by atoms with Crippen LogP contribution in [0.2, 0.25) is 0 Å². The summed E-state index contributed by atoms with van der Waals surface area (Å²) in [5, 5.41) is 0. The molecule has 25 heavy (non-hydrogen) atoms. The van der Waals surface area contributed by atoms with E-state index in [2.05, 4.69) is 21.9 Å². The van der Waals surface area contributed by atoms with E-state index in [1.807, 2.05) is 34.1 Å². The fourth-order valence-corrected chi connectivity index (χ4v) is 3.36. The first-order valence-corrected chi connectivity index (χ1v) is 8.80. The summed E-state index contributed by atoms with van der Waals surface area (Å²) in [5.74, 6) is 0.526. The zero-order valence-corrected chi connectivity index (χ0v) is 14.5. The van der Waals surface area contributed by atoms with Crippen LogP contribution in [0.25, 0.3) is 11.0 Å². The highest BCUT2D eigenvalue weighted by Gasteiger charge is 2.31. The Morgan fingerprint density at radius 1 is 1.08 bits per heavy atom. The SMILES string of the molecule is CN1CCN(C(=O)N2CC[C@H](Oc3cnc4ccccc4n3)C2)CC1. The zero-order chi connectivity index (χ0) is 17.2. The first kappa shape index (κ1) is 16.1. The van der Waals surface area contributed by atoms with Crippen molar-refractivity contribution >= 4 is 17.1 Å². The third kappa shape index (κ3) is 3.51. The van der Waals surface area contributed by atoms with Crippen molar-refractivity contribution in [2.45, 2.75) is 12.5 Å². The number of urea groups is 1. The van der Waals surface area contributed by atoms with Gasteiger partial charge in [-0.3, -0.25) is 0 Å². The van der Waals surface area contributed by atoms with Crippen molar-refractivity contribution < 1.29 is 9.53 Å². The number of fused-ring (bicyclic) bond motifs is 1. The fraction of sp³-hybridized carbons (Fsp3) is 0.500. The van der Waals surface area contributed by atoms with Crippen molar-refractivity contribution in [3.8, 4) is 5.88 Å². The number of rotatable bonds is 2. The zero-order valence-electron chi connectivity index (χ0n) is 14.5. The number of hydrogen-bond acceptors (Lipinski definition) is 5. The van der Waals surface area contributed by atoms with Gasteiger partial charge in [-0.15, -0.1) is 0 Å². The number of likely N-dealkylation sites (N-methyl/N-ethyl adjacent to an activating group) is 1. The molecule has 0 unspecified atom stereocenters. The molecule has 4 rings (SSSR count). The molecule has 1 aromatic heterocycles. The second kappa shape index (κ2) is 6.84. The molecule has 7 nitrogen and oxygen atoms in total. The maximum Gasteiger partial charge on any atom is 0.320 e. The number of hydrogen-bond donors (Lipinski definition) is 0. The maximum atomic E-state index is 12.6. The number of amides is 2. The van der Waals surface area contributed by atoms with Gasteiger partial charge in [-0.1, -0.05) is 12.1 Å². The van der Waals surface area contributed by atoms with E-state index in [1.54, 1.807) is 6.20 Å². The Bertz CT molecular complexity index is 760. The van der Waals surface area contributed by atoms with Gasteiger partial charge in [0.2, 0.25) is 5.88 Å². The van der Waals surface area contributed by atoms with Gasteiger partial charge < -0.3 is 19.4 Å². The summed E-state index contributed by atoms with van der Waals surface area (Å²) in [6.07, 6.45) is 2.47.